The third kappa shape index (κ3) is 75.3. The molecule has 0 atom stereocenters. The number of rotatable bonds is 12. The SMILES string of the molecule is CC#N.CC#N.COc1cccc(C=NC(C[O-])(CO)CO)c1[O-].COc1cccc(C=NC(C[O-])(CO)CO)c1[O-].C[O-].C[O-].O.O.O.O.O=[N+]([O-])[O-].O=[N+]([O-])[O-].O=[N+]([O-])[O-].O=[N+]([O-])[O-].[Dy+3].[Dy].[Ni+2].[Ni+3]. The molecule has 0 bridgehead atoms. The second-order valence-electron chi connectivity index (χ2n) is 8.99. The van der Waals surface area contributed by atoms with Gasteiger partial charge in [0.2, 0.25) is 0 Å². The van der Waals surface area contributed by atoms with Crippen molar-refractivity contribution in [3.63, 3.8) is 0 Å². The van der Waals surface area contributed by atoms with Gasteiger partial charge < -0.3 is 144 Å². The zero-order chi connectivity index (χ0) is 50.9. The number of aliphatic hydroxyl groups excluding tert-OH is 4. The number of aliphatic hydroxyl groups is 4. The molecule has 0 fully saturated rings. The summed E-state index contributed by atoms with van der Waals surface area (Å²) in [5, 5.41) is 172. The minimum Gasteiger partial charge on any atom is -0.870 e. The summed E-state index contributed by atoms with van der Waals surface area (Å²) in [6, 6.07) is 12.8. The standard InChI is InChI=1S/2C12H16NO5.2C2H3N.2CH3O.2Dy.4NO3.2Ni.4H2O/c2*1-18-10-4-2-3-9(11(10)17)5-13-12(6-14,7-15)8-16;2*1-2-3;2*1-2;;;4*2-1(3)4;;;;;;/h2*2-5,14-15,17H,6-8H2,1H3;2*1H3;2*1H3;;;;;;;;;4*1H2/q2*-1;;;2*-1;;+3;4*-1;+2;+3;;;;/p-2. The van der Waals surface area contributed by atoms with Gasteiger partial charge in [0.25, 0.3) is 0 Å². The van der Waals surface area contributed by atoms with Gasteiger partial charge in [-0.15, -0.1) is 13.2 Å². The zero-order valence-electron chi connectivity index (χ0n) is 36.7. The van der Waals surface area contributed by atoms with Gasteiger partial charge in [0.05, 0.1) is 84.2 Å². The Morgan fingerprint density at radius 2 is 0.757 bits per heavy atom. The average Bonchev–Trinajstić information content (AvgIpc) is 3.22. The molecular formula is C30H50Dy2N8Ni2O28-2. The Balaban J connectivity index is -0.0000000372. The predicted octanol–water partition coefficient (Wildman–Crippen LogP) is -8.70. The van der Waals surface area contributed by atoms with E-state index in [0.717, 1.165) is 14.2 Å². The van der Waals surface area contributed by atoms with E-state index >= 15 is 0 Å². The third-order valence-electron chi connectivity index (χ3n) is 5.13. The minimum atomic E-state index is -1.75. The fourth-order valence-corrected chi connectivity index (χ4v) is 2.52. The van der Waals surface area contributed by atoms with Crippen molar-refractivity contribution in [1.82, 2.24) is 0 Å². The van der Waals surface area contributed by atoms with Crippen LogP contribution in [0, 0.1) is 160 Å². The molecule has 0 unspecified atom stereocenters. The van der Waals surface area contributed by atoms with Crippen LogP contribution in [-0.4, -0.2) is 154 Å². The summed E-state index contributed by atoms with van der Waals surface area (Å²) in [6.45, 7) is -1.00. The fourth-order valence-electron chi connectivity index (χ4n) is 2.52. The number of benzene rings is 2. The van der Waals surface area contributed by atoms with Gasteiger partial charge in [0, 0.05) is 64.5 Å². The summed E-state index contributed by atoms with van der Waals surface area (Å²) < 4.78 is 9.72. The molecule has 0 saturated carbocycles. The molecular weight excluding hydrogens is 1360 g/mol. The van der Waals surface area contributed by atoms with Crippen LogP contribution < -0.4 is 40.1 Å². The molecule has 0 spiro atoms. The smallest absolute Gasteiger partial charge is 0.870 e. The number of methoxy groups -OCH3 is 2. The molecule has 2 radical (unpaired) electrons. The van der Waals surface area contributed by atoms with Crippen LogP contribution in [0.4, 0.5) is 0 Å². The van der Waals surface area contributed by atoms with E-state index in [9.17, 15) is 20.4 Å². The summed E-state index contributed by atoms with van der Waals surface area (Å²) in [4.78, 5) is 40.6. The molecule has 0 aliphatic rings. The van der Waals surface area contributed by atoms with Crippen LogP contribution in [0.1, 0.15) is 25.0 Å². The molecule has 0 amide bonds. The first-order valence-electron chi connectivity index (χ1n) is 15.1. The van der Waals surface area contributed by atoms with E-state index in [-0.39, 0.29) is 165 Å². The van der Waals surface area contributed by atoms with Crippen molar-refractivity contribution in [1.29, 1.82) is 10.5 Å². The summed E-state index contributed by atoms with van der Waals surface area (Å²) in [6.07, 6.45) is 2.35. The van der Waals surface area contributed by atoms with E-state index in [1.807, 2.05) is 0 Å². The van der Waals surface area contributed by atoms with Crippen molar-refractivity contribution in [2.75, 3.05) is 68.1 Å². The Morgan fingerprint density at radius 1 is 0.586 bits per heavy atom. The fraction of sp³-hybridized carbons (Fsp3) is 0.467. The molecule has 2 rings (SSSR count). The summed E-state index contributed by atoms with van der Waals surface area (Å²) in [7, 11) is 4.25. The van der Waals surface area contributed by atoms with Gasteiger partial charge in [-0.3, -0.25) is 9.98 Å². The molecule has 420 valence electrons. The normalized spacial score (nSPS) is 7.94. The molecule has 2 aromatic carbocycles. The van der Waals surface area contributed by atoms with Crippen molar-refractivity contribution in [3.8, 4) is 35.1 Å². The average molecular weight is 1410 g/mol. The van der Waals surface area contributed by atoms with Crippen molar-refractivity contribution < 1.29 is 212 Å². The molecule has 0 saturated heterocycles. The van der Waals surface area contributed by atoms with Gasteiger partial charge in [-0.05, 0) is 23.3 Å². The molecule has 0 aliphatic heterocycles. The number of nitriles is 2. The molecule has 2 aromatic rings. The summed E-state index contributed by atoms with van der Waals surface area (Å²) in [5.41, 5.74) is -2.52. The van der Waals surface area contributed by atoms with E-state index < -0.39 is 71.1 Å². The van der Waals surface area contributed by atoms with E-state index in [4.69, 9.17) is 112 Å². The van der Waals surface area contributed by atoms with Crippen molar-refractivity contribution >= 4 is 12.4 Å². The Hall–Kier alpha value is -4.19. The van der Waals surface area contributed by atoms with Crippen molar-refractivity contribution in [2.24, 2.45) is 9.98 Å². The van der Waals surface area contributed by atoms with Gasteiger partial charge in [-0.2, -0.15) is 24.7 Å². The van der Waals surface area contributed by atoms with Gasteiger partial charge in [-0.25, -0.2) is 0 Å². The largest absolute Gasteiger partial charge is 3.00 e. The van der Waals surface area contributed by atoms with E-state index in [0.29, 0.717) is 0 Å². The topological polar surface area (TPSA) is 701 Å². The minimum absolute atomic E-state index is 0. The van der Waals surface area contributed by atoms with Crippen LogP contribution in [0.25, 0.3) is 0 Å². The number of para-hydroxylation sites is 2. The second-order valence-corrected chi connectivity index (χ2v) is 8.99. The van der Waals surface area contributed by atoms with Crippen molar-refractivity contribution in [3.05, 3.63) is 109 Å². The van der Waals surface area contributed by atoms with E-state index in [2.05, 4.69) is 9.98 Å². The number of nitrogens with zero attached hydrogens (tertiary/aromatic N) is 8. The van der Waals surface area contributed by atoms with Gasteiger partial charge in [0.1, 0.15) is 11.5 Å². The van der Waals surface area contributed by atoms with Crippen LogP contribution in [0.5, 0.6) is 23.0 Å². The van der Waals surface area contributed by atoms with Gasteiger partial charge in [0.15, 0.2) is 0 Å². The predicted molar refractivity (Wildman–Crippen MR) is 214 cm³/mol. The number of aliphatic imine (C=N–C) groups is 2. The van der Waals surface area contributed by atoms with E-state index in [1.54, 1.807) is 24.3 Å². The Labute approximate surface area is 478 Å². The first-order valence-corrected chi connectivity index (χ1v) is 15.1. The maximum atomic E-state index is 11.8. The van der Waals surface area contributed by atoms with E-state index in [1.165, 1.54) is 64.8 Å². The third-order valence-corrected chi connectivity index (χ3v) is 5.13. The number of hydrogen-bond acceptors (Lipinski definition) is 28. The Bertz CT molecular complexity index is 1440. The Morgan fingerprint density at radius 3 is 0.886 bits per heavy atom. The molecule has 40 heteroatoms. The number of hydrogen-bond donors (Lipinski definition) is 4. The van der Waals surface area contributed by atoms with Crippen LogP contribution in [0.2, 0.25) is 0 Å². The maximum absolute atomic E-state index is 11.8. The van der Waals surface area contributed by atoms with Crippen LogP contribution >= 0.6 is 0 Å². The van der Waals surface area contributed by atoms with Gasteiger partial charge in [-0.1, -0.05) is 35.8 Å². The second kappa shape index (κ2) is 79.0. The monoisotopic (exact) mass is 1410 g/mol. The summed E-state index contributed by atoms with van der Waals surface area (Å²) >= 11 is 0. The molecule has 0 heterocycles. The van der Waals surface area contributed by atoms with Crippen LogP contribution in [-0.2, 0) is 33.0 Å². The van der Waals surface area contributed by atoms with Crippen molar-refractivity contribution in [2.45, 2.75) is 24.9 Å². The zero-order valence-corrected chi connectivity index (χ0v) is 42.7. The first kappa shape index (κ1) is 111. The summed E-state index contributed by atoms with van der Waals surface area (Å²) in [5.74, 6) is -0.391. The van der Waals surface area contributed by atoms with Crippen LogP contribution in [0.3, 0.4) is 0 Å². The molecule has 12 N–H and O–H groups in total. The number of ether oxygens (including phenoxy) is 2. The quantitative estimate of drug-likeness (QED) is 0.0663. The van der Waals surface area contributed by atoms with Crippen LogP contribution in [0.15, 0.2) is 46.4 Å². The molecule has 70 heavy (non-hydrogen) atoms. The van der Waals surface area contributed by atoms with Gasteiger partial charge >= 0.3 is 71.2 Å². The molecule has 0 aromatic heterocycles. The Kier molecular flexibility index (Phi) is 126. The maximum Gasteiger partial charge on any atom is 3.00 e. The molecule has 0 aliphatic carbocycles. The first-order chi connectivity index (χ1) is 29.0. The molecule has 36 nitrogen and oxygen atoms in total.